The Morgan fingerprint density at radius 3 is 1.94 bits per heavy atom. The molecule has 4 aromatic rings. The Hall–Kier alpha value is -6.32. The monoisotopic (exact) mass is 673 g/mol. The number of ether oxygens (including phenoxy) is 2. The minimum absolute atomic E-state index is 0.0199. The van der Waals surface area contributed by atoms with Crippen molar-refractivity contribution < 1.29 is 33.4 Å². The quantitative estimate of drug-likeness (QED) is 0.143. The Balaban J connectivity index is 1.32. The predicted octanol–water partition coefficient (Wildman–Crippen LogP) is 4.61. The molecule has 1 aromatic carbocycles. The van der Waals surface area contributed by atoms with E-state index >= 15 is 0 Å². The number of carbonyl (C=O) groups is 5. The van der Waals surface area contributed by atoms with Gasteiger partial charge in [0.1, 0.15) is 23.6 Å². The lowest BCUT2D eigenvalue weighted by Crippen LogP contribution is -2.27. The van der Waals surface area contributed by atoms with Crippen molar-refractivity contribution in [2.24, 2.45) is 21.1 Å². The first-order valence-corrected chi connectivity index (χ1v) is 15.0. The van der Waals surface area contributed by atoms with Crippen LogP contribution in [0.25, 0.3) is 0 Å². The summed E-state index contributed by atoms with van der Waals surface area (Å²) in [5, 5.41) is 13.4. The van der Waals surface area contributed by atoms with E-state index in [9.17, 15) is 24.0 Å². The molecule has 3 heterocycles. The maximum Gasteiger partial charge on any atom is 0.413 e. The van der Waals surface area contributed by atoms with Crippen molar-refractivity contribution in [1.82, 2.24) is 24.0 Å². The van der Waals surface area contributed by atoms with E-state index in [1.165, 1.54) is 22.9 Å². The smallest absolute Gasteiger partial charge is 0.413 e. The van der Waals surface area contributed by atoms with Crippen LogP contribution in [0.15, 0.2) is 67.6 Å². The van der Waals surface area contributed by atoms with Crippen LogP contribution in [0.1, 0.15) is 57.9 Å². The number of hydrogen-bond acceptors (Lipinski definition) is 8. The van der Waals surface area contributed by atoms with Gasteiger partial charge in [-0.3, -0.25) is 25.0 Å². The summed E-state index contributed by atoms with van der Waals surface area (Å²) in [5.41, 5.74) is 1.92. The molecule has 16 heteroatoms. The summed E-state index contributed by atoms with van der Waals surface area (Å²) in [4.78, 5) is 67.0. The standard InChI is InChI=1S/C33H39N9O7/c1-8-13-48-31(46)37-21-11-9-20(10-12-21)16-34-28(43)24-14-22(17-40(24)5)35-29(44)25-15-23(18-41(25)6)36-30(45)27-38-26(19-42(27)7)39-32(47)49-33(2,3)4/h8-12,14-15,17-19H,1,13,16H2,2-7H3,(H,34,43)(H,35,44)(H,36,45)(H,37,46)(H,39,47). The van der Waals surface area contributed by atoms with Gasteiger partial charge in [0, 0.05) is 52.0 Å². The van der Waals surface area contributed by atoms with Crippen molar-refractivity contribution in [2.75, 3.05) is 27.9 Å². The molecule has 0 bridgehead atoms. The molecule has 16 nitrogen and oxygen atoms in total. The number of nitrogens with one attached hydrogen (secondary N) is 5. The lowest BCUT2D eigenvalue weighted by molar-refractivity contribution is 0.0634. The van der Waals surface area contributed by atoms with Gasteiger partial charge in [-0.05, 0) is 50.6 Å². The first-order valence-electron chi connectivity index (χ1n) is 15.0. The number of nitrogens with zero attached hydrogens (tertiary/aromatic N) is 4. The Kier molecular flexibility index (Phi) is 10.9. The molecule has 0 radical (unpaired) electrons. The molecule has 5 amide bonds. The highest BCUT2D eigenvalue weighted by Crippen LogP contribution is 2.19. The second kappa shape index (κ2) is 15.1. The number of imidazole rings is 1. The summed E-state index contributed by atoms with van der Waals surface area (Å²) in [6.07, 6.45) is 4.81. The highest BCUT2D eigenvalue weighted by molar-refractivity contribution is 6.07. The minimum atomic E-state index is -0.704. The van der Waals surface area contributed by atoms with Crippen LogP contribution in [0, 0.1) is 0 Å². The lowest BCUT2D eigenvalue weighted by Gasteiger charge is -2.18. The molecule has 5 N–H and O–H groups in total. The van der Waals surface area contributed by atoms with Crippen molar-refractivity contribution in [3.63, 3.8) is 0 Å². The van der Waals surface area contributed by atoms with E-state index in [4.69, 9.17) is 9.47 Å². The molecule has 0 unspecified atom stereocenters. The summed E-state index contributed by atoms with van der Waals surface area (Å²) in [5.74, 6) is -1.23. The summed E-state index contributed by atoms with van der Waals surface area (Å²) in [6, 6.07) is 9.94. The van der Waals surface area contributed by atoms with E-state index in [-0.39, 0.29) is 36.4 Å². The van der Waals surface area contributed by atoms with E-state index in [2.05, 4.69) is 38.1 Å². The summed E-state index contributed by atoms with van der Waals surface area (Å²) in [6.45, 7) is 9.00. The van der Waals surface area contributed by atoms with Gasteiger partial charge in [0.15, 0.2) is 5.82 Å². The van der Waals surface area contributed by atoms with Crippen molar-refractivity contribution in [1.29, 1.82) is 0 Å². The molecule has 0 atom stereocenters. The third-order valence-corrected chi connectivity index (χ3v) is 6.69. The van der Waals surface area contributed by atoms with Gasteiger partial charge < -0.3 is 39.1 Å². The zero-order chi connectivity index (χ0) is 35.9. The van der Waals surface area contributed by atoms with Gasteiger partial charge in [-0.25, -0.2) is 14.6 Å². The zero-order valence-corrected chi connectivity index (χ0v) is 28.0. The van der Waals surface area contributed by atoms with Gasteiger partial charge in [-0.15, -0.1) is 0 Å². The molecule has 49 heavy (non-hydrogen) atoms. The molecule has 3 aromatic heterocycles. The highest BCUT2D eigenvalue weighted by Gasteiger charge is 2.21. The molecular weight excluding hydrogens is 634 g/mol. The molecule has 0 spiro atoms. The average Bonchev–Trinajstić information content (AvgIpc) is 3.69. The van der Waals surface area contributed by atoms with Crippen LogP contribution < -0.4 is 26.6 Å². The number of aromatic nitrogens is 4. The van der Waals surface area contributed by atoms with Crippen molar-refractivity contribution >= 4 is 52.8 Å². The fraction of sp³-hybridized carbons (Fsp3) is 0.273. The summed E-state index contributed by atoms with van der Waals surface area (Å²) >= 11 is 0. The minimum Gasteiger partial charge on any atom is -0.445 e. The zero-order valence-electron chi connectivity index (χ0n) is 28.0. The normalized spacial score (nSPS) is 10.9. The van der Waals surface area contributed by atoms with Gasteiger partial charge in [-0.1, -0.05) is 24.8 Å². The fourth-order valence-corrected chi connectivity index (χ4v) is 4.51. The van der Waals surface area contributed by atoms with Gasteiger partial charge >= 0.3 is 12.2 Å². The predicted molar refractivity (Wildman–Crippen MR) is 183 cm³/mol. The van der Waals surface area contributed by atoms with Crippen molar-refractivity contribution in [3.8, 4) is 0 Å². The number of rotatable bonds is 11. The van der Waals surface area contributed by atoms with E-state index < -0.39 is 29.6 Å². The second-order valence-electron chi connectivity index (χ2n) is 11.9. The molecule has 258 valence electrons. The van der Waals surface area contributed by atoms with Crippen LogP contribution in [0.2, 0.25) is 0 Å². The number of anilines is 4. The van der Waals surface area contributed by atoms with Crippen LogP contribution in [-0.2, 0) is 37.2 Å². The van der Waals surface area contributed by atoms with E-state index in [1.807, 2.05) is 0 Å². The number of carbonyl (C=O) groups excluding carboxylic acids is 5. The second-order valence-corrected chi connectivity index (χ2v) is 11.9. The number of amides is 5. The largest absolute Gasteiger partial charge is 0.445 e. The van der Waals surface area contributed by atoms with Crippen molar-refractivity contribution in [2.45, 2.75) is 32.9 Å². The number of benzene rings is 1. The van der Waals surface area contributed by atoms with Gasteiger partial charge in [-0.2, -0.15) is 0 Å². The van der Waals surface area contributed by atoms with Gasteiger partial charge in [0.25, 0.3) is 17.7 Å². The van der Waals surface area contributed by atoms with Crippen LogP contribution >= 0.6 is 0 Å². The molecule has 0 aliphatic rings. The lowest BCUT2D eigenvalue weighted by atomic mass is 10.2. The van der Waals surface area contributed by atoms with Crippen LogP contribution in [0.3, 0.4) is 0 Å². The maximum absolute atomic E-state index is 13.1. The van der Waals surface area contributed by atoms with Crippen LogP contribution in [-0.4, -0.2) is 60.8 Å². The van der Waals surface area contributed by atoms with Gasteiger partial charge in [0.2, 0.25) is 5.82 Å². The highest BCUT2D eigenvalue weighted by atomic mass is 16.6. The first-order chi connectivity index (χ1) is 23.1. The molecular formula is C33H39N9O7. The number of hydrogen-bond donors (Lipinski definition) is 5. The van der Waals surface area contributed by atoms with E-state index in [0.717, 1.165) is 5.56 Å². The van der Waals surface area contributed by atoms with Crippen molar-refractivity contribution in [3.05, 3.63) is 90.4 Å². The first kappa shape index (κ1) is 35.5. The van der Waals surface area contributed by atoms with Crippen LogP contribution in [0.5, 0.6) is 0 Å². The summed E-state index contributed by atoms with van der Waals surface area (Å²) in [7, 11) is 4.93. The SMILES string of the molecule is C=CCOC(=O)Nc1ccc(CNC(=O)c2cc(NC(=O)c3cc(NC(=O)c4nc(NC(=O)OC(C)(C)C)cn4C)cn3C)cn2C)cc1. The number of aryl methyl sites for hydroxylation is 3. The van der Waals surface area contributed by atoms with E-state index in [1.54, 1.807) is 93.8 Å². The third-order valence-electron chi connectivity index (χ3n) is 6.69. The molecule has 0 saturated heterocycles. The average molecular weight is 674 g/mol. The third kappa shape index (κ3) is 9.84. The molecule has 0 fully saturated rings. The Labute approximate surface area is 282 Å². The van der Waals surface area contributed by atoms with Crippen LogP contribution in [0.4, 0.5) is 32.5 Å². The molecule has 0 aliphatic carbocycles. The molecule has 0 aliphatic heterocycles. The van der Waals surface area contributed by atoms with E-state index in [0.29, 0.717) is 22.8 Å². The van der Waals surface area contributed by atoms with Gasteiger partial charge in [0.05, 0.1) is 11.4 Å². The Bertz CT molecular complexity index is 1880. The maximum atomic E-state index is 13.1. The topological polar surface area (TPSA) is 192 Å². The Morgan fingerprint density at radius 2 is 1.35 bits per heavy atom. The Morgan fingerprint density at radius 1 is 0.755 bits per heavy atom. The molecule has 0 saturated carbocycles. The molecule has 4 rings (SSSR count). The fourth-order valence-electron chi connectivity index (χ4n) is 4.51. The summed E-state index contributed by atoms with van der Waals surface area (Å²) < 4.78 is 14.7.